The lowest BCUT2D eigenvalue weighted by Gasteiger charge is -2.36. The molecule has 0 aromatic heterocycles. The van der Waals surface area contributed by atoms with Crippen LogP contribution >= 0.6 is 0 Å². The van der Waals surface area contributed by atoms with Crippen molar-refractivity contribution in [1.29, 1.82) is 0 Å². The van der Waals surface area contributed by atoms with Gasteiger partial charge in [0, 0.05) is 18.6 Å². The summed E-state index contributed by atoms with van der Waals surface area (Å²) in [6.07, 6.45) is 3.87. The number of esters is 1. The van der Waals surface area contributed by atoms with E-state index in [2.05, 4.69) is 20.4 Å². The van der Waals surface area contributed by atoms with Crippen LogP contribution in [0.3, 0.4) is 0 Å². The van der Waals surface area contributed by atoms with E-state index >= 15 is 0 Å². The van der Waals surface area contributed by atoms with Crippen LogP contribution in [0.2, 0.25) is 0 Å². The normalized spacial score (nSPS) is 21.3. The Balaban J connectivity index is 2.75. The summed E-state index contributed by atoms with van der Waals surface area (Å²) < 4.78 is 10.9. The van der Waals surface area contributed by atoms with Gasteiger partial charge in [0.1, 0.15) is 5.60 Å². The van der Waals surface area contributed by atoms with Gasteiger partial charge in [-0.1, -0.05) is 20.4 Å². The molecule has 1 atom stereocenters. The van der Waals surface area contributed by atoms with Gasteiger partial charge in [-0.2, -0.15) is 0 Å². The van der Waals surface area contributed by atoms with Crippen LogP contribution in [0.4, 0.5) is 0 Å². The lowest BCUT2D eigenvalue weighted by molar-refractivity contribution is -0.161. The van der Waals surface area contributed by atoms with Crippen molar-refractivity contribution in [2.45, 2.75) is 38.7 Å². The Labute approximate surface area is 91.4 Å². The summed E-state index contributed by atoms with van der Waals surface area (Å²) in [5.41, 5.74) is -0.359. The molecule has 1 rings (SSSR count). The van der Waals surface area contributed by atoms with E-state index in [9.17, 15) is 4.79 Å². The van der Waals surface area contributed by atoms with Gasteiger partial charge in [-0.25, -0.2) is 4.79 Å². The molecule has 15 heavy (non-hydrogen) atoms. The molecule has 1 unspecified atom stereocenters. The zero-order valence-corrected chi connectivity index (χ0v) is 9.62. The van der Waals surface area contributed by atoms with Crippen LogP contribution < -0.4 is 0 Å². The van der Waals surface area contributed by atoms with E-state index in [1.54, 1.807) is 0 Å². The van der Waals surface area contributed by atoms with Gasteiger partial charge in [0.15, 0.2) is 0 Å². The van der Waals surface area contributed by atoms with Crippen LogP contribution in [0, 0.1) is 5.92 Å². The standard InChI is InChI=1S/C12H20O3/c1-4-11(13)15-12(5-2,6-3)10-7-8-14-9-10/h4,10H,1,5-9H2,2-3H3. The topological polar surface area (TPSA) is 35.5 Å². The van der Waals surface area contributed by atoms with Crippen molar-refractivity contribution in [2.75, 3.05) is 13.2 Å². The lowest BCUT2D eigenvalue weighted by atomic mass is 9.82. The van der Waals surface area contributed by atoms with Crippen LogP contribution in [0.1, 0.15) is 33.1 Å². The molecule has 3 nitrogen and oxygen atoms in total. The fourth-order valence-electron chi connectivity index (χ4n) is 2.25. The Kier molecular flexibility index (Phi) is 4.33. The summed E-state index contributed by atoms with van der Waals surface area (Å²) >= 11 is 0. The van der Waals surface area contributed by atoms with Crippen molar-refractivity contribution in [3.63, 3.8) is 0 Å². The summed E-state index contributed by atoms with van der Waals surface area (Å²) in [5, 5.41) is 0. The van der Waals surface area contributed by atoms with Gasteiger partial charge in [-0.3, -0.25) is 0 Å². The van der Waals surface area contributed by atoms with Crippen molar-refractivity contribution in [3.8, 4) is 0 Å². The highest BCUT2D eigenvalue weighted by atomic mass is 16.6. The second kappa shape index (κ2) is 5.31. The summed E-state index contributed by atoms with van der Waals surface area (Å²) in [4.78, 5) is 11.3. The minimum Gasteiger partial charge on any atom is -0.456 e. The lowest BCUT2D eigenvalue weighted by Crippen LogP contribution is -2.41. The molecule has 1 heterocycles. The van der Waals surface area contributed by atoms with E-state index in [-0.39, 0.29) is 11.6 Å². The third-order valence-corrected chi connectivity index (χ3v) is 3.34. The molecular formula is C12H20O3. The van der Waals surface area contributed by atoms with E-state index in [0.717, 1.165) is 25.9 Å². The maximum Gasteiger partial charge on any atom is 0.330 e. The Hall–Kier alpha value is -0.830. The molecule has 3 heteroatoms. The maximum absolute atomic E-state index is 11.3. The van der Waals surface area contributed by atoms with Gasteiger partial charge in [0.05, 0.1) is 6.61 Å². The quantitative estimate of drug-likeness (QED) is 0.518. The highest BCUT2D eigenvalue weighted by molar-refractivity contribution is 5.81. The number of hydrogen-bond acceptors (Lipinski definition) is 3. The molecule has 0 N–H and O–H groups in total. The molecule has 1 fully saturated rings. The summed E-state index contributed by atoms with van der Waals surface area (Å²) in [7, 11) is 0. The monoisotopic (exact) mass is 212 g/mol. The van der Waals surface area contributed by atoms with E-state index < -0.39 is 0 Å². The molecule has 0 aromatic rings. The first-order valence-corrected chi connectivity index (χ1v) is 5.61. The average Bonchev–Trinajstić information content (AvgIpc) is 2.79. The maximum atomic E-state index is 11.3. The van der Waals surface area contributed by atoms with Crippen LogP contribution in [-0.4, -0.2) is 24.8 Å². The van der Waals surface area contributed by atoms with Crippen LogP contribution in [-0.2, 0) is 14.3 Å². The van der Waals surface area contributed by atoms with E-state index in [4.69, 9.17) is 9.47 Å². The molecular weight excluding hydrogens is 192 g/mol. The predicted molar refractivity (Wildman–Crippen MR) is 58.5 cm³/mol. The molecule has 0 saturated carbocycles. The van der Waals surface area contributed by atoms with Crippen molar-refractivity contribution >= 4 is 5.97 Å². The largest absolute Gasteiger partial charge is 0.456 e. The molecule has 0 radical (unpaired) electrons. The van der Waals surface area contributed by atoms with Gasteiger partial charge in [0.2, 0.25) is 0 Å². The Morgan fingerprint density at radius 3 is 2.67 bits per heavy atom. The third kappa shape index (κ3) is 2.59. The first-order chi connectivity index (χ1) is 7.18. The van der Waals surface area contributed by atoms with Gasteiger partial charge in [0.25, 0.3) is 0 Å². The predicted octanol–water partition coefficient (Wildman–Crippen LogP) is 2.31. The molecule has 0 aliphatic carbocycles. The third-order valence-electron chi connectivity index (χ3n) is 3.34. The fraction of sp³-hybridized carbons (Fsp3) is 0.750. The van der Waals surface area contributed by atoms with Gasteiger partial charge >= 0.3 is 5.97 Å². The molecule has 0 bridgehead atoms. The van der Waals surface area contributed by atoms with Gasteiger partial charge < -0.3 is 9.47 Å². The number of ether oxygens (including phenoxy) is 2. The SMILES string of the molecule is C=CC(=O)OC(CC)(CC)C1CCOC1. The van der Waals surface area contributed by atoms with Crippen LogP contribution in [0.25, 0.3) is 0 Å². The minimum absolute atomic E-state index is 0.328. The molecule has 1 aliphatic rings. The highest BCUT2D eigenvalue weighted by Crippen LogP contribution is 2.35. The molecule has 86 valence electrons. The van der Waals surface area contributed by atoms with Gasteiger partial charge in [-0.05, 0) is 19.3 Å². The van der Waals surface area contributed by atoms with Gasteiger partial charge in [-0.15, -0.1) is 0 Å². The fourth-order valence-corrected chi connectivity index (χ4v) is 2.25. The smallest absolute Gasteiger partial charge is 0.330 e. The Bertz CT molecular complexity index is 225. The second-order valence-corrected chi connectivity index (χ2v) is 3.96. The van der Waals surface area contributed by atoms with Crippen molar-refractivity contribution in [1.82, 2.24) is 0 Å². The van der Waals surface area contributed by atoms with E-state index in [1.165, 1.54) is 6.08 Å². The number of carbonyl (C=O) groups is 1. The van der Waals surface area contributed by atoms with Crippen LogP contribution in [0.5, 0.6) is 0 Å². The summed E-state index contributed by atoms with van der Waals surface area (Å²) in [6, 6.07) is 0. The van der Waals surface area contributed by atoms with Crippen molar-refractivity contribution in [2.24, 2.45) is 5.92 Å². The average molecular weight is 212 g/mol. The van der Waals surface area contributed by atoms with Crippen molar-refractivity contribution < 1.29 is 14.3 Å². The number of carbonyl (C=O) groups excluding carboxylic acids is 1. The van der Waals surface area contributed by atoms with E-state index in [1.807, 2.05) is 0 Å². The first-order valence-electron chi connectivity index (χ1n) is 5.61. The zero-order chi connectivity index (χ0) is 11.3. The number of hydrogen-bond donors (Lipinski definition) is 0. The highest BCUT2D eigenvalue weighted by Gasteiger charge is 2.40. The molecule has 1 saturated heterocycles. The zero-order valence-electron chi connectivity index (χ0n) is 9.62. The number of rotatable bonds is 5. The minimum atomic E-state index is -0.359. The molecule has 0 aromatic carbocycles. The Morgan fingerprint density at radius 2 is 2.27 bits per heavy atom. The molecule has 0 amide bonds. The van der Waals surface area contributed by atoms with Crippen LogP contribution in [0.15, 0.2) is 12.7 Å². The van der Waals surface area contributed by atoms with Crippen molar-refractivity contribution in [3.05, 3.63) is 12.7 Å². The summed E-state index contributed by atoms with van der Waals surface area (Å²) in [6.45, 7) is 9.02. The first kappa shape index (κ1) is 12.2. The molecule has 1 aliphatic heterocycles. The van der Waals surface area contributed by atoms with E-state index in [0.29, 0.717) is 12.5 Å². The summed E-state index contributed by atoms with van der Waals surface area (Å²) in [5.74, 6) is 0.00185. The second-order valence-electron chi connectivity index (χ2n) is 3.96. The Morgan fingerprint density at radius 1 is 1.60 bits per heavy atom. The molecule has 0 spiro atoms.